The normalized spacial score (nSPS) is 22.3. The second kappa shape index (κ2) is 10.3. The number of likely N-dealkylation sites (tertiary alicyclic amines) is 1. The summed E-state index contributed by atoms with van der Waals surface area (Å²) in [6.45, 7) is 3.52. The van der Waals surface area contributed by atoms with Gasteiger partial charge in [-0.2, -0.15) is 13.2 Å². The Kier molecular flexibility index (Phi) is 7.34. The van der Waals surface area contributed by atoms with E-state index >= 15 is 0 Å². The van der Waals surface area contributed by atoms with Crippen molar-refractivity contribution in [2.45, 2.75) is 44.2 Å². The van der Waals surface area contributed by atoms with Gasteiger partial charge in [-0.3, -0.25) is 0 Å². The van der Waals surface area contributed by atoms with E-state index in [9.17, 15) is 21.6 Å². The molecule has 1 saturated heterocycles. The van der Waals surface area contributed by atoms with E-state index in [0.717, 1.165) is 50.5 Å². The monoisotopic (exact) mass is 522 g/mol. The molecule has 2 unspecified atom stereocenters. The molecule has 0 aromatic heterocycles. The van der Waals surface area contributed by atoms with Crippen molar-refractivity contribution in [3.05, 3.63) is 64.7 Å². The van der Waals surface area contributed by atoms with Crippen molar-refractivity contribution in [1.82, 2.24) is 9.62 Å². The molecule has 2 aromatic rings. The van der Waals surface area contributed by atoms with E-state index in [1.165, 1.54) is 24.1 Å². The van der Waals surface area contributed by atoms with Gasteiger partial charge in [0.05, 0.1) is 11.3 Å². The Labute approximate surface area is 211 Å². The van der Waals surface area contributed by atoms with Gasteiger partial charge in [0, 0.05) is 13.1 Å². The van der Waals surface area contributed by atoms with E-state index in [1.807, 2.05) is 12.1 Å². The number of nitrogens with one attached hydrogen (secondary N) is 1. The van der Waals surface area contributed by atoms with Gasteiger partial charge >= 0.3 is 6.18 Å². The fourth-order valence-electron chi connectivity index (χ4n) is 5.39. The maximum Gasteiger partial charge on any atom is 0.416 e. The minimum Gasteiger partial charge on any atom is -0.492 e. The first kappa shape index (κ1) is 25.5. The second-order valence-corrected chi connectivity index (χ2v) is 12.3. The molecule has 1 N–H and O–H groups in total. The van der Waals surface area contributed by atoms with Gasteiger partial charge in [-0.15, -0.1) is 0 Å². The van der Waals surface area contributed by atoms with Gasteiger partial charge in [-0.25, -0.2) is 13.1 Å². The Bertz CT molecular complexity index is 1180. The van der Waals surface area contributed by atoms with E-state index in [-0.39, 0.29) is 30.7 Å². The average Bonchev–Trinajstić information content (AvgIpc) is 3.53. The van der Waals surface area contributed by atoms with Gasteiger partial charge in [0.1, 0.15) is 12.4 Å². The number of rotatable bonds is 11. The van der Waals surface area contributed by atoms with Crippen molar-refractivity contribution in [1.29, 1.82) is 0 Å². The van der Waals surface area contributed by atoms with Gasteiger partial charge in [0.15, 0.2) is 0 Å². The Morgan fingerprint density at radius 1 is 1.08 bits per heavy atom. The minimum absolute atomic E-state index is 0.102. The Morgan fingerprint density at radius 3 is 2.58 bits per heavy atom. The standard InChI is InChI=1S/C27H33F3N2O3S/c28-27(29,30)23-4-1-3-20(13-23)14-25-22(17-32-10-2-11-32)15-21-7-8-24(16-26(21)25)35-12-9-31-36(33,34)18-19-5-6-19/h1,3-4,7-8,13,16,19,22,25,31H,2,5-6,9-12,14-15,17-18H2. The summed E-state index contributed by atoms with van der Waals surface area (Å²) in [5.41, 5.74) is 2.42. The fourth-order valence-corrected chi connectivity index (χ4v) is 6.85. The van der Waals surface area contributed by atoms with Crippen LogP contribution in [0, 0.1) is 11.8 Å². The molecule has 5 rings (SSSR count). The first-order chi connectivity index (χ1) is 17.2. The van der Waals surface area contributed by atoms with Gasteiger partial charge < -0.3 is 9.64 Å². The lowest BCUT2D eigenvalue weighted by atomic mass is 9.85. The Morgan fingerprint density at radius 2 is 1.89 bits per heavy atom. The number of nitrogens with zero attached hydrogens (tertiary/aromatic N) is 1. The van der Waals surface area contributed by atoms with Crippen molar-refractivity contribution in [3.63, 3.8) is 0 Å². The molecule has 36 heavy (non-hydrogen) atoms. The van der Waals surface area contributed by atoms with E-state index in [1.54, 1.807) is 6.07 Å². The highest BCUT2D eigenvalue weighted by Gasteiger charge is 2.36. The summed E-state index contributed by atoms with van der Waals surface area (Å²) >= 11 is 0. The zero-order valence-corrected chi connectivity index (χ0v) is 21.1. The van der Waals surface area contributed by atoms with Gasteiger partial charge in [-0.1, -0.05) is 24.3 Å². The molecule has 0 amide bonds. The van der Waals surface area contributed by atoms with Crippen molar-refractivity contribution < 1.29 is 26.3 Å². The third-order valence-electron chi connectivity index (χ3n) is 7.56. The predicted molar refractivity (Wildman–Crippen MR) is 133 cm³/mol. The number of halogens is 3. The van der Waals surface area contributed by atoms with Crippen LogP contribution in [0.1, 0.15) is 47.4 Å². The maximum absolute atomic E-state index is 13.3. The molecule has 0 spiro atoms. The zero-order valence-electron chi connectivity index (χ0n) is 20.3. The molecule has 0 radical (unpaired) electrons. The first-order valence-electron chi connectivity index (χ1n) is 12.8. The van der Waals surface area contributed by atoms with E-state index in [0.29, 0.717) is 23.7 Å². The topological polar surface area (TPSA) is 58.6 Å². The zero-order chi connectivity index (χ0) is 25.3. The summed E-state index contributed by atoms with van der Waals surface area (Å²) in [7, 11) is -3.27. The molecule has 9 heteroatoms. The molecule has 1 aliphatic heterocycles. The smallest absolute Gasteiger partial charge is 0.416 e. The molecule has 5 nitrogen and oxygen atoms in total. The third kappa shape index (κ3) is 6.42. The largest absolute Gasteiger partial charge is 0.492 e. The Hall–Kier alpha value is -2.10. The Balaban J connectivity index is 1.28. The summed E-state index contributed by atoms with van der Waals surface area (Å²) in [6, 6.07) is 11.6. The van der Waals surface area contributed by atoms with Crippen molar-refractivity contribution in [3.8, 4) is 5.75 Å². The molecule has 3 aliphatic rings. The SMILES string of the molecule is O=S(=O)(CC1CC1)NCCOc1ccc2c(c1)C(Cc1cccc(C(F)(F)F)c1)C(CN1CCC1)C2. The van der Waals surface area contributed by atoms with Crippen LogP contribution < -0.4 is 9.46 Å². The van der Waals surface area contributed by atoms with Crippen molar-refractivity contribution in [2.75, 3.05) is 38.5 Å². The summed E-state index contributed by atoms with van der Waals surface area (Å²) in [5, 5.41) is 0. The fraction of sp³-hybridized carbons (Fsp3) is 0.556. The predicted octanol–water partition coefficient (Wildman–Crippen LogP) is 4.62. The highest BCUT2D eigenvalue weighted by atomic mass is 32.2. The number of alkyl halides is 3. The van der Waals surface area contributed by atoms with Crippen LogP contribution >= 0.6 is 0 Å². The van der Waals surface area contributed by atoms with Crippen LogP contribution in [0.3, 0.4) is 0 Å². The summed E-state index contributed by atoms with van der Waals surface area (Å²) < 4.78 is 72.5. The number of sulfonamides is 1. The molecule has 2 aromatic carbocycles. The molecule has 2 atom stereocenters. The van der Waals surface area contributed by atoms with Gasteiger partial charge in [0.25, 0.3) is 0 Å². The van der Waals surface area contributed by atoms with E-state index in [2.05, 4.69) is 15.7 Å². The van der Waals surface area contributed by atoms with Crippen LogP contribution in [-0.2, 0) is 29.0 Å². The molecular formula is C27H33F3N2O3S. The van der Waals surface area contributed by atoms with Crippen LogP contribution in [0.4, 0.5) is 13.2 Å². The van der Waals surface area contributed by atoms with Crippen LogP contribution in [-0.4, -0.2) is 51.9 Å². The van der Waals surface area contributed by atoms with Crippen LogP contribution in [0.25, 0.3) is 0 Å². The lowest BCUT2D eigenvalue weighted by Gasteiger charge is -2.35. The molecule has 2 fully saturated rings. The summed E-state index contributed by atoms with van der Waals surface area (Å²) in [5.74, 6) is 1.57. The molecule has 196 valence electrons. The summed E-state index contributed by atoms with van der Waals surface area (Å²) in [6.07, 6.45) is 0.235. The molecular weight excluding hydrogens is 489 g/mol. The lowest BCUT2D eigenvalue weighted by Crippen LogP contribution is -2.41. The van der Waals surface area contributed by atoms with Crippen molar-refractivity contribution >= 4 is 10.0 Å². The summed E-state index contributed by atoms with van der Waals surface area (Å²) in [4.78, 5) is 2.42. The number of benzene rings is 2. The number of hydrogen-bond acceptors (Lipinski definition) is 4. The van der Waals surface area contributed by atoms with Crippen LogP contribution in [0.15, 0.2) is 42.5 Å². The molecule has 0 bridgehead atoms. The molecule has 2 aliphatic carbocycles. The third-order valence-corrected chi connectivity index (χ3v) is 9.12. The number of ether oxygens (including phenoxy) is 1. The van der Waals surface area contributed by atoms with E-state index < -0.39 is 21.8 Å². The molecule has 1 saturated carbocycles. The number of fused-ring (bicyclic) bond motifs is 1. The van der Waals surface area contributed by atoms with Crippen LogP contribution in [0.2, 0.25) is 0 Å². The highest BCUT2D eigenvalue weighted by Crippen LogP contribution is 2.43. The highest BCUT2D eigenvalue weighted by molar-refractivity contribution is 7.89. The minimum atomic E-state index is -4.36. The first-order valence-corrected chi connectivity index (χ1v) is 14.4. The molecule has 1 heterocycles. The van der Waals surface area contributed by atoms with Gasteiger partial charge in [-0.05, 0) is 97.8 Å². The second-order valence-electron chi connectivity index (χ2n) is 10.5. The van der Waals surface area contributed by atoms with E-state index in [4.69, 9.17) is 4.74 Å². The van der Waals surface area contributed by atoms with Crippen molar-refractivity contribution in [2.24, 2.45) is 11.8 Å². The number of hydrogen-bond donors (Lipinski definition) is 1. The maximum atomic E-state index is 13.3. The average molecular weight is 523 g/mol. The lowest BCUT2D eigenvalue weighted by molar-refractivity contribution is -0.137. The van der Waals surface area contributed by atoms with Crippen LogP contribution in [0.5, 0.6) is 5.75 Å². The van der Waals surface area contributed by atoms with Gasteiger partial charge in [0.2, 0.25) is 10.0 Å². The quantitative estimate of drug-likeness (QED) is 0.438.